The summed E-state index contributed by atoms with van der Waals surface area (Å²) >= 11 is 0. The fourth-order valence-electron chi connectivity index (χ4n) is 1.75. The van der Waals surface area contributed by atoms with Gasteiger partial charge in [0.1, 0.15) is 5.75 Å². The lowest BCUT2D eigenvalue weighted by molar-refractivity contribution is 0.0671. The van der Waals surface area contributed by atoms with Crippen LogP contribution in [0.5, 0.6) is 5.75 Å². The molecule has 0 amide bonds. The van der Waals surface area contributed by atoms with Crippen LogP contribution in [-0.2, 0) is 9.47 Å². The van der Waals surface area contributed by atoms with Gasteiger partial charge in [-0.2, -0.15) is 0 Å². The first-order chi connectivity index (χ1) is 8.69. The van der Waals surface area contributed by atoms with Crippen LogP contribution in [-0.4, -0.2) is 34.0 Å². The number of ether oxygens (including phenoxy) is 3. The van der Waals surface area contributed by atoms with Gasteiger partial charge in [-0.15, -0.1) is 0 Å². The van der Waals surface area contributed by atoms with Crippen molar-refractivity contribution in [1.29, 1.82) is 0 Å². The average molecular weight is 253 g/mol. The Morgan fingerprint density at radius 3 is 2.61 bits per heavy atom. The molecular formula is C14H23NO3. The molecule has 0 bridgehead atoms. The number of nitrogens with two attached hydrogens (primary N) is 1. The van der Waals surface area contributed by atoms with Gasteiger partial charge in [0.05, 0.1) is 20.3 Å². The minimum absolute atomic E-state index is 0.0672. The molecule has 1 atom stereocenters. The molecule has 0 aliphatic rings. The Hall–Kier alpha value is -1.10. The molecule has 1 unspecified atom stereocenters. The molecule has 4 nitrogen and oxygen atoms in total. The highest BCUT2D eigenvalue weighted by Crippen LogP contribution is 2.26. The van der Waals surface area contributed by atoms with Crippen molar-refractivity contribution in [2.45, 2.75) is 19.4 Å². The summed E-state index contributed by atoms with van der Waals surface area (Å²) in [6.07, 6.45) is 0.767. The van der Waals surface area contributed by atoms with Crippen molar-refractivity contribution in [1.82, 2.24) is 0 Å². The van der Waals surface area contributed by atoms with Crippen molar-refractivity contribution in [3.8, 4) is 5.75 Å². The molecule has 1 aromatic carbocycles. The normalized spacial score (nSPS) is 12.4. The number of methoxy groups -OCH3 is 2. The van der Waals surface area contributed by atoms with Crippen LogP contribution in [0.15, 0.2) is 18.2 Å². The van der Waals surface area contributed by atoms with E-state index in [2.05, 4.69) is 6.07 Å². The third-order valence-corrected chi connectivity index (χ3v) is 2.79. The van der Waals surface area contributed by atoms with Crippen molar-refractivity contribution in [3.63, 3.8) is 0 Å². The molecule has 2 N–H and O–H groups in total. The number of aryl methyl sites for hydroxylation is 1. The number of rotatable bonds is 8. The zero-order valence-electron chi connectivity index (χ0n) is 11.4. The van der Waals surface area contributed by atoms with Gasteiger partial charge < -0.3 is 19.9 Å². The Balaban J connectivity index is 2.49. The molecule has 0 saturated heterocycles. The first kappa shape index (κ1) is 15.0. The molecule has 0 aliphatic heterocycles. The predicted molar refractivity (Wildman–Crippen MR) is 72.0 cm³/mol. The average Bonchev–Trinajstić information content (AvgIpc) is 2.38. The highest BCUT2D eigenvalue weighted by molar-refractivity contribution is 5.38. The van der Waals surface area contributed by atoms with Gasteiger partial charge in [-0.3, -0.25) is 0 Å². The molecule has 0 spiro atoms. The SMILES string of the molecule is COCCOCCC(N)c1cc(C)ccc1OC. The third-order valence-electron chi connectivity index (χ3n) is 2.79. The molecule has 1 aromatic rings. The lowest BCUT2D eigenvalue weighted by atomic mass is 10.0. The summed E-state index contributed by atoms with van der Waals surface area (Å²) in [5.74, 6) is 0.838. The van der Waals surface area contributed by atoms with Crippen molar-refractivity contribution in [3.05, 3.63) is 29.3 Å². The molecule has 0 heterocycles. The van der Waals surface area contributed by atoms with Gasteiger partial charge in [0.2, 0.25) is 0 Å². The van der Waals surface area contributed by atoms with Crippen molar-refractivity contribution in [2.24, 2.45) is 5.73 Å². The molecule has 0 aliphatic carbocycles. The lowest BCUT2D eigenvalue weighted by Crippen LogP contribution is -2.15. The minimum Gasteiger partial charge on any atom is -0.496 e. The van der Waals surface area contributed by atoms with Gasteiger partial charge in [0, 0.05) is 25.3 Å². The summed E-state index contributed by atoms with van der Waals surface area (Å²) in [7, 11) is 3.32. The summed E-state index contributed by atoms with van der Waals surface area (Å²) < 4.78 is 15.7. The zero-order chi connectivity index (χ0) is 13.4. The van der Waals surface area contributed by atoms with Gasteiger partial charge >= 0.3 is 0 Å². The lowest BCUT2D eigenvalue weighted by Gasteiger charge is -2.16. The predicted octanol–water partition coefficient (Wildman–Crippen LogP) is 2.06. The van der Waals surface area contributed by atoms with Crippen molar-refractivity contribution < 1.29 is 14.2 Å². The largest absolute Gasteiger partial charge is 0.496 e. The van der Waals surface area contributed by atoms with E-state index in [-0.39, 0.29) is 6.04 Å². The Morgan fingerprint density at radius 1 is 1.17 bits per heavy atom. The monoisotopic (exact) mass is 253 g/mol. The van der Waals surface area contributed by atoms with E-state index in [0.717, 1.165) is 17.7 Å². The Morgan fingerprint density at radius 2 is 1.94 bits per heavy atom. The maximum Gasteiger partial charge on any atom is 0.123 e. The Kier molecular flexibility index (Phi) is 6.72. The van der Waals surface area contributed by atoms with E-state index in [1.807, 2.05) is 19.1 Å². The molecule has 4 heteroatoms. The molecule has 102 valence electrons. The van der Waals surface area contributed by atoms with E-state index in [4.69, 9.17) is 19.9 Å². The maximum atomic E-state index is 6.16. The van der Waals surface area contributed by atoms with Gasteiger partial charge in [-0.25, -0.2) is 0 Å². The van der Waals surface area contributed by atoms with E-state index < -0.39 is 0 Å². The number of hydrogen-bond acceptors (Lipinski definition) is 4. The highest BCUT2D eigenvalue weighted by Gasteiger charge is 2.11. The molecule has 0 fully saturated rings. The van der Waals surface area contributed by atoms with E-state index in [0.29, 0.717) is 19.8 Å². The fraction of sp³-hybridized carbons (Fsp3) is 0.571. The minimum atomic E-state index is -0.0672. The second-order valence-corrected chi connectivity index (χ2v) is 4.25. The van der Waals surface area contributed by atoms with Gasteiger partial charge in [0.15, 0.2) is 0 Å². The van der Waals surface area contributed by atoms with E-state index in [1.54, 1.807) is 14.2 Å². The van der Waals surface area contributed by atoms with Crippen LogP contribution in [0.1, 0.15) is 23.6 Å². The van der Waals surface area contributed by atoms with Crippen molar-refractivity contribution in [2.75, 3.05) is 34.0 Å². The Labute approximate surface area is 109 Å². The number of hydrogen-bond donors (Lipinski definition) is 1. The van der Waals surface area contributed by atoms with Crippen LogP contribution in [0.3, 0.4) is 0 Å². The van der Waals surface area contributed by atoms with Crippen LogP contribution in [0, 0.1) is 6.92 Å². The maximum absolute atomic E-state index is 6.16. The zero-order valence-corrected chi connectivity index (χ0v) is 11.4. The van der Waals surface area contributed by atoms with Gasteiger partial charge in [0.25, 0.3) is 0 Å². The van der Waals surface area contributed by atoms with Crippen LogP contribution in [0.4, 0.5) is 0 Å². The quantitative estimate of drug-likeness (QED) is 0.720. The van der Waals surface area contributed by atoms with Crippen molar-refractivity contribution >= 4 is 0 Å². The molecule has 0 aromatic heterocycles. The summed E-state index contributed by atoms with van der Waals surface area (Å²) in [5.41, 5.74) is 8.38. The molecule has 0 radical (unpaired) electrons. The van der Waals surface area contributed by atoms with Crippen LogP contribution in [0.2, 0.25) is 0 Å². The summed E-state index contributed by atoms with van der Waals surface area (Å²) in [4.78, 5) is 0. The molecule has 18 heavy (non-hydrogen) atoms. The number of benzene rings is 1. The van der Waals surface area contributed by atoms with E-state index >= 15 is 0 Å². The first-order valence-electron chi connectivity index (χ1n) is 6.15. The third kappa shape index (κ3) is 4.64. The standard InChI is InChI=1S/C14H23NO3/c1-11-4-5-14(17-3)12(10-11)13(15)6-7-18-9-8-16-2/h4-5,10,13H,6-9,15H2,1-3H3. The highest BCUT2D eigenvalue weighted by atomic mass is 16.5. The second kappa shape index (κ2) is 8.08. The van der Waals surface area contributed by atoms with E-state index in [9.17, 15) is 0 Å². The van der Waals surface area contributed by atoms with Gasteiger partial charge in [-0.05, 0) is 19.4 Å². The van der Waals surface area contributed by atoms with Crippen LogP contribution >= 0.6 is 0 Å². The summed E-state index contributed by atoms with van der Waals surface area (Å²) in [6, 6.07) is 5.97. The fourth-order valence-corrected chi connectivity index (χ4v) is 1.75. The van der Waals surface area contributed by atoms with E-state index in [1.165, 1.54) is 5.56 Å². The summed E-state index contributed by atoms with van der Waals surface area (Å²) in [6.45, 7) is 3.89. The molecule has 0 saturated carbocycles. The Bertz CT molecular complexity index is 355. The summed E-state index contributed by atoms with van der Waals surface area (Å²) in [5, 5.41) is 0. The second-order valence-electron chi connectivity index (χ2n) is 4.25. The molecular weight excluding hydrogens is 230 g/mol. The van der Waals surface area contributed by atoms with Gasteiger partial charge in [-0.1, -0.05) is 17.7 Å². The van der Waals surface area contributed by atoms with Crippen LogP contribution < -0.4 is 10.5 Å². The topological polar surface area (TPSA) is 53.7 Å². The first-order valence-corrected chi connectivity index (χ1v) is 6.15. The molecule has 1 rings (SSSR count). The smallest absolute Gasteiger partial charge is 0.123 e. The van der Waals surface area contributed by atoms with Crippen LogP contribution in [0.25, 0.3) is 0 Å².